The normalized spacial score (nSPS) is 14.7. The van der Waals surface area contributed by atoms with Crippen LogP contribution in [0.25, 0.3) is 5.57 Å². The fraction of sp³-hybridized carbons (Fsp3) is 0.655. The number of hydrogen-bond donors (Lipinski definition) is 1. The Morgan fingerprint density at radius 2 is 1.69 bits per heavy atom. The molecular formula is C29H47B2O4+. The minimum atomic E-state index is 0.0262. The number of fused-ring (bicyclic) bond motifs is 1. The lowest BCUT2D eigenvalue weighted by atomic mass is 9.69. The molecule has 6 heteroatoms. The Labute approximate surface area is 215 Å². The maximum absolute atomic E-state index is 9.10. The van der Waals surface area contributed by atoms with Crippen LogP contribution < -0.4 is 5.46 Å². The van der Waals surface area contributed by atoms with Crippen molar-refractivity contribution >= 4 is 26.0 Å². The molecule has 1 aromatic carbocycles. The SMILES string of the molecule is CCCCCCC1(CCCCCC)C(C)=C(/C=C\C[B]OCC[OH2+])c2ccc([B]OCCO)cc21. The van der Waals surface area contributed by atoms with E-state index in [2.05, 4.69) is 51.1 Å². The van der Waals surface area contributed by atoms with E-state index in [-0.39, 0.29) is 18.6 Å². The summed E-state index contributed by atoms with van der Waals surface area (Å²) in [4.78, 5) is 0. The molecule has 192 valence electrons. The molecule has 0 bridgehead atoms. The summed E-state index contributed by atoms with van der Waals surface area (Å²) >= 11 is 0. The summed E-state index contributed by atoms with van der Waals surface area (Å²) in [5.41, 5.74) is 6.77. The van der Waals surface area contributed by atoms with Gasteiger partial charge in [-0.3, -0.25) is 0 Å². The molecule has 0 fully saturated rings. The quantitative estimate of drug-likeness (QED) is 0.157. The van der Waals surface area contributed by atoms with Crippen molar-refractivity contribution in [1.29, 1.82) is 0 Å². The van der Waals surface area contributed by atoms with Crippen molar-refractivity contribution < 1.29 is 19.5 Å². The molecule has 0 atom stereocenters. The fourth-order valence-electron chi connectivity index (χ4n) is 5.28. The fourth-order valence-corrected chi connectivity index (χ4v) is 5.28. The first-order chi connectivity index (χ1) is 17.1. The van der Waals surface area contributed by atoms with Gasteiger partial charge in [0, 0.05) is 5.41 Å². The number of hydrogen-bond acceptors (Lipinski definition) is 3. The van der Waals surface area contributed by atoms with Gasteiger partial charge in [-0.25, -0.2) is 0 Å². The average Bonchev–Trinajstić information content (AvgIpc) is 3.09. The van der Waals surface area contributed by atoms with Crippen LogP contribution in [0.4, 0.5) is 0 Å². The van der Waals surface area contributed by atoms with E-state index in [9.17, 15) is 0 Å². The van der Waals surface area contributed by atoms with Gasteiger partial charge in [0.1, 0.15) is 0 Å². The summed E-state index contributed by atoms with van der Waals surface area (Å²) in [5, 5.41) is 16.3. The average molecular weight is 481 g/mol. The molecule has 0 unspecified atom stereocenters. The predicted octanol–water partition coefficient (Wildman–Crippen LogP) is 5.24. The van der Waals surface area contributed by atoms with Crippen molar-refractivity contribution in [2.24, 2.45) is 0 Å². The second-order valence-corrected chi connectivity index (χ2v) is 9.68. The predicted molar refractivity (Wildman–Crippen MR) is 151 cm³/mol. The van der Waals surface area contributed by atoms with Crippen molar-refractivity contribution in [1.82, 2.24) is 0 Å². The lowest BCUT2D eigenvalue weighted by molar-refractivity contribution is 0.207. The monoisotopic (exact) mass is 481 g/mol. The van der Waals surface area contributed by atoms with Crippen LogP contribution in [0.15, 0.2) is 35.9 Å². The highest BCUT2D eigenvalue weighted by atomic mass is 16.4. The number of rotatable bonds is 20. The van der Waals surface area contributed by atoms with Gasteiger partial charge in [0.05, 0.1) is 19.8 Å². The molecule has 3 N–H and O–H groups in total. The van der Waals surface area contributed by atoms with Gasteiger partial charge in [0.2, 0.25) is 0 Å². The number of allylic oxidation sites excluding steroid dienone is 4. The van der Waals surface area contributed by atoms with Gasteiger partial charge in [-0.05, 0) is 42.8 Å². The maximum Gasteiger partial charge on any atom is 0.330 e. The molecule has 0 saturated heterocycles. The number of benzene rings is 1. The van der Waals surface area contributed by atoms with Crippen LogP contribution in [0.1, 0.15) is 96.1 Å². The molecule has 0 heterocycles. The van der Waals surface area contributed by atoms with Gasteiger partial charge in [-0.2, -0.15) is 0 Å². The van der Waals surface area contributed by atoms with Gasteiger partial charge in [-0.1, -0.05) is 107 Å². The Morgan fingerprint density at radius 1 is 0.971 bits per heavy atom. The second kappa shape index (κ2) is 17.2. The molecular weight excluding hydrogens is 434 g/mol. The number of aliphatic hydroxyl groups excluding tert-OH is 1. The molecule has 0 spiro atoms. The van der Waals surface area contributed by atoms with Crippen molar-refractivity contribution in [3.8, 4) is 0 Å². The van der Waals surface area contributed by atoms with E-state index in [4.69, 9.17) is 19.5 Å². The largest absolute Gasteiger partial charge is 0.444 e. The molecule has 4 nitrogen and oxygen atoms in total. The van der Waals surface area contributed by atoms with Gasteiger partial charge in [0.15, 0.2) is 6.61 Å². The van der Waals surface area contributed by atoms with E-state index in [0.717, 1.165) is 11.8 Å². The summed E-state index contributed by atoms with van der Waals surface area (Å²) in [6.07, 6.45) is 17.8. The first-order valence-corrected chi connectivity index (χ1v) is 13.8. The van der Waals surface area contributed by atoms with Crippen LogP contribution >= 0.6 is 0 Å². The van der Waals surface area contributed by atoms with Crippen molar-refractivity contribution in [3.05, 3.63) is 47.1 Å². The molecule has 2 radical (unpaired) electrons. The third kappa shape index (κ3) is 8.93. The Morgan fingerprint density at radius 3 is 2.31 bits per heavy atom. The van der Waals surface area contributed by atoms with Crippen LogP contribution in [0.2, 0.25) is 6.32 Å². The highest BCUT2D eigenvalue weighted by molar-refractivity contribution is 6.47. The van der Waals surface area contributed by atoms with Crippen LogP contribution in [-0.2, 0) is 14.7 Å². The number of unbranched alkanes of at least 4 members (excludes halogenated alkanes) is 6. The standard InChI is InChI=1S/C29H46B2O4/c1-4-6-8-10-16-29(17-11-9-7-5-2)24(3)26(13-12-18-30-34-21-19-32)27-15-14-25(23-28(27)29)31-35-22-20-33/h12-15,23,32-33H,4-11,16-22H2,1-3H3/p+1/b13-12-. The zero-order chi connectivity index (χ0) is 25.4. The first kappa shape index (κ1) is 29.9. The van der Waals surface area contributed by atoms with Crippen LogP contribution in [0.5, 0.6) is 0 Å². The number of aliphatic hydroxyl groups is 1. The molecule has 0 saturated carbocycles. The Balaban J connectivity index is 2.38. The van der Waals surface area contributed by atoms with Gasteiger partial charge < -0.3 is 19.5 Å². The second-order valence-electron chi connectivity index (χ2n) is 9.68. The molecule has 1 aromatic rings. The third-order valence-corrected chi connectivity index (χ3v) is 7.17. The van der Waals surface area contributed by atoms with Crippen LogP contribution in [0, 0.1) is 0 Å². The highest BCUT2D eigenvalue weighted by Crippen LogP contribution is 2.52. The summed E-state index contributed by atoms with van der Waals surface area (Å²) < 4.78 is 10.9. The van der Waals surface area contributed by atoms with E-state index in [0.29, 0.717) is 13.2 Å². The Kier molecular flexibility index (Phi) is 14.7. The summed E-state index contributed by atoms with van der Waals surface area (Å²) in [6, 6.07) is 6.72. The van der Waals surface area contributed by atoms with Gasteiger partial charge >= 0.3 is 7.48 Å². The topological polar surface area (TPSA) is 61.6 Å². The van der Waals surface area contributed by atoms with E-state index in [1.807, 2.05) is 0 Å². The van der Waals surface area contributed by atoms with Crippen molar-refractivity contribution in [2.75, 3.05) is 26.4 Å². The minimum Gasteiger partial charge on any atom is -0.444 e. The third-order valence-electron chi connectivity index (χ3n) is 7.17. The zero-order valence-electron chi connectivity index (χ0n) is 22.4. The molecule has 0 aromatic heterocycles. The van der Waals surface area contributed by atoms with Crippen LogP contribution in [-0.4, -0.2) is 51.6 Å². The highest BCUT2D eigenvalue weighted by Gasteiger charge is 2.41. The smallest absolute Gasteiger partial charge is 0.330 e. The molecule has 35 heavy (non-hydrogen) atoms. The molecule has 2 rings (SSSR count). The molecule has 1 aliphatic carbocycles. The lowest BCUT2D eigenvalue weighted by Crippen LogP contribution is -2.28. The zero-order valence-corrected chi connectivity index (χ0v) is 22.4. The van der Waals surface area contributed by atoms with Crippen molar-refractivity contribution in [3.63, 3.8) is 0 Å². The maximum atomic E-state index is 9.10. The van der Waals surface area contributed by atoms with E-state index in [1.165, 1.54) is 86.5 Å². The Bertz CT molecular complexity index is 779. The Hall–Kier alpha value is -1.33. The van der Waals surface area contributed by atoms with E-state index in [1.54, 1.807) is 15.0 Å². The first-order valence-electron chi connectivity index (χ1n) is 13.8. The molecule has 1 aliphatic rings. The molecule has 0 aliphatic heterocycles. The lowest BCUT2D eigenvalue weighted by Gasteiger charge is -2.34. The van der Waals surface area contributed by atoms with Crippen LogP contribution in [0.3, 0.4) is 0 Å². The summed E-state index contributed by atoms with van der Waals surface area (Å²) in [6.45, 7) is 7.99. The summed E-state index contributed by atoms with van der Waals surface area (Å²) in [5.74, 6) is 0. The van der Waals surface area contributed by atoms with Crippen molar-refractivity contribution in [2.45, 2.75) is 96.7 Å². The summed E-state index contributed by atoms with van der Waals surface area (Å²) in [7, 11) is 3.59. The molecule has 0 amide bonds. The van der Waals surface area contributed by atoms with E-state index >= 15 is 0 Å². The minimum absolute atomic E-state index is 0.0262. The van der Waals surface area contributed by atoms with Gasteiger partial charge in [0.25, 0.3) is 7.48 Å². The van der Waals surface area contributed by atoms with Gasteiger partial charge in [-0.15, -0.1) is 0 Å². The van der Waals surface area contributed by atoms with E-state index < -0.39 is 0 Å².